The van der Waals surface area contributed by atoms with Gasteiger partial charge in [0.15, 0.2) is 0 Å². The van der Waals surface area contributed by atoms with Crippen molar-refractivity contribution in [1.29, 1.82) is 0 Å². The van der Waals surface area contributed by atoms with Gasteiger partial charge >= 0.3 is 0 Å². The number of rotatable bonds is 5. The minimum absolute atomic E-state index is 0.546. The minimum Gasteiger partial charge on any atom is -0.311 e. The second-order valence-electron chi connectivity index (χ2n) is 8.49. The maximum atomic E-state index is 3.97. The average Bonchev–Trinajstić information content (AvgIpc) is 2.48. The van der Waals surface area contributed by atoms with Gasteiger partial charge in [0.1, 0.15) is 0 Å². The Morgan fingerprint density at radius 1 is 1.05 bits per heavy atom. The first-order valence-corrected chi connectivity index (χ1v) is 9.37. The molecule has 0 aromatic rings. The highest BCUT2D eigenvalue weighted by atomic mass is 15.1. The Morgan fingerprint density at radius 3 is 2.14 bits per heavy atom. The van der Waals surface area contributed by atoms with E-state index in [0.29, 0.717) is 11.5 Å². The van der Waals surface area contributed by atoms with E-state index >= 15 is 0 Å². The van der Waals surface area contributed by atoms with Gasteiger partial charge in [-0.05, 0) is 82.8 Å². The zero-order valence-electron chi connectivity index (χ0n) is 15.1. The molecule has 1 N–H and O–H groups in total. The van der Waals surface area contributed by atoms with E-state index in [1.54, 1.807) is 0 Å². The molecule has 0 radical (unpaired) electrons. The van der Waals surface area contributed by atoms with Crippen LogP contribution in [0.3, 0.4) is 0 Å². The summed E-state index contributed by atoms with van der Waals surface area (Å²) in [5.41, 5.74) is 0.546. The topological polar surface area (TPSA) is 15.3 Å². The van der Waals surface area contributed by atoms with Crippen LogP contribution in [0.15, 0.2) is 0 Å². The lowest BCUT2D eigenvalue weighted by molar-refractivity contribution is 0.125. The molecule has 0 aromatic heterocycles. The highest BCUT2D eigenvalue weighted by Gasteiger charge is 2.32. The van der Waals surface area contributed by atoms with Gasteiger partial charge in [-0.1, -0.05) is 27.2 Å². The molecule has 0 bridgehead atoms. The van der Waals surface area contributed by atoms with Crippen LogP contribution in [0.25, 0.3) is 0 Å². The van der Waals surface area contributed by atoms with Crippen molar-refractivity contribution in [2.24, 2.45) is 17.3 Å². The molecule has 1 aliphatic carbocycles. The van der Waals surface area contributed by atoms with Gasteiger partial charge in [-0.3, -0.25) is 0 Å². The SMILES string of the molecule is CCC(C)(C)C1CCC(NC(C)C2CCN(C)CC2)CC1. The monoisotopic (exact) mass is 294 g/mol. The molecule has 2 nitrogen and oxygen atoms in total. The number of hydrogen-bond donors (Lipinski definition) is 1. The van der Waals surface area contributed by atoms with Crippen LogP contribution in [0.2, 0.25) is 0 Å². The number of nitrogens with one attached hydrogen (secondary N) is 1. The van der Waals surface area contributed by atoms with Crippen molar-refractivity contribution in [2.45, 2.75) is 84.7 Å². The molecule has 1 saturated carbocycles. The molecule has 21 heavy (non-hydrogen) atoms. The van der Waals surface area contributed by atoms with Crippen LogP contribution in [0.1, 0.15) is 72.6 Å². The maximum absolute atomic E-state index is 3.97. The number of nitrogens with zero attached hydrogens (tertiary/aromatic N) is 1. The van der Waals surface area contributed by atoms with Crippen molar-refractivity contribution in [2.75, 3.05) is 20.1 Å². The van der Waals surface area contributed by atoms with E-state index in [1.165, 1.54) is 58.0 Å². The molecule has 1 unspecified atom stereocenters. The first-order valence-electron chi connectivity index (χ1n) is 9.37. The summed E-state index contributed by atoms with van der Waals surface area (Å²) in [6.07, 6.45) is 9.72. The third kappa shape index (κ3) is 4.69. The van der Waals surface area contributed by atoms with Gasteiger partial charge < -0.3 is 10.2 Å². The summed E-state index contributed by atoms with van der Waals surface area (Å²) >= 11 is 0. The molecule has 1 aliphatic heterocycles. The van der Waals surface area contributed by atoms with E-state index < -0.39 is 0 Å². The van der Waals surface area contributed by atoms with Gasteiger partial charge in [-0.25, -0.2) is 0 Å². The molecular weight excluding hydrogens is 256 g/mol. The highest BCUT2D eigenvalue weighted by molar-refractivity contribution is 4.87. The van der Waals surface area contributed by atoms with Crippen molar-refractivity contribution in [3.8, 4) is 0 Å². The summed E-state index contributed by atoms with van der Waals surface area (Å²) in [6.45, 7) is 12.3. The Kier molecular flexibility index (Phi) is 6.14. The van der Waals surface area contributed by atoms with E-state index in [1.807, 2.05) is 0 Å². The Bertz CT molecular complexity index is 297. The largest absolute Gasteiger partial charge is 0.311 e. The Balaban J connectivity index is 1.73. The van der Waals surface area contributed by atoms with Gasteiger partial charge in [0.2, 0.25) is 0 Å². The lowest BCUT2D eigenvalue weighted by Crippen LogP contribution is -2.46. The molecule has 1 heterocycles. The predicted octanol–water partition coefficient (Wildman–Crippen LogP) is 4.30. The van der Waals surface area contributed by atoms with E-state index in [9.17, 15) is 0 Å². The normalized spacial score (nSPS) is 31.3. The third-order valence-corrected chi connectivity index (χ3v) is 6.71. The average molecular weight is 295 g/mol. The number of hydrogen-bond acceptors (Lipinski definition) is 2. The van der Waals surface area contributed by atoms with Crippen LogP contribution in [0, 0.1) is 17.3 Å². The molecule has 0 amide bonds. The molecule has 1 saturated heterocycles. The van der Waals surface area contributed by atoms with E-state index in [0.717, 1.165) is 17.9 Å². The van der Waals surface area contributed by atoms with Gasteiger partial charge in [-0.2, -0.15) is 0 Å². The Hall–Kier alpha value is -0.0800. The van der Waals surface area contributed by atoms with Crippen LogP contribution < -0.4 is 5.32 Å². The van der Waals surface area contributed by atoms with Crippen molar-refractivity contribution in [3.63, 3.8) is 0 Å². The second kappa shape index (κ2) is 7.46. The molecule has 124 valence electrons. The first-order chi connectivity index (χ1) is 9.92. The summed E-state index contributed by atoms with van der Waals surface area (Å²) in [7, 11) is 2.26. The quantitative estimate of drug-likeness (QED) is 0.813. The minimum atomic E-state index is 0.546. The van der Waals surface area contributed by atoms with Gasteiger partial charge in [0, 0.05) is 12.1 Å². The van der Waals surface area contributed by atoms with Crippen LogP contribution in [-0.4, -0.2) is 37.1 Å². The first kappa shape index (κ1) is 17.3. The zero-order valence-corrected chi connectivity index (χ0v) is 15.1. The molecule has 2 rings (SSSR count). The van der Waals surface area contributed by atoms with E-state index in [4.69, 9.17) is 0 Å². The third-order valence-electron chi connectivity index (χ3n) is 6.71. The fourth-order valence-corrected chi connectivity index (χ4v) is 4.37. The lowest BCUT2D eigenvalue weighted by atomic mass is 9.69. The highest BCUT2D eigenvalue weighted by Crippen LogP contribution is 2.40. The zero-order chi connectivity index (χ0) is 15.5. The fourth-order valence-electron chi connectivity index (χ4n) is 4.37. The molecule has 0 aromatic carbocycles. The second-order valence-corrected chi connectivity index (χ2v) is 8.49. The predicted molar refractivity (Wildman–Crippen MR) is 92.6 cm³/mol. The van der Waals surface area contributed by atoms with Crippen molar-refractivity contribution in [1.82, 2.24) is 10.2 Å². The standard InChI is InChI=1S/C19H38N2/c1-6-19(3,4)17-7-9-18(10-8-17)20-15(2)16-11-13-21(5)14-12-16/h15-18,20H,6-14H2,1-5H3. The molecular formula is C19H38N2. The van der Waals surface area contributed by atoms with E-state index in [-0.39, 0.29) is 0 Å². The van der Waals surface area contributed by atoms with Crippen molar-refractivity contribution < 1.29 is 0 Å². The van der Waals surface area contributed by atoms with Gasteiger partial charge in [0.05, 0.1) is 0 Å². The summed E-state index contributed by atoms with van der Waals surface area (Å²) < 4.78 is 0. The fraction of sp³-hybridized carbons (Fsp3) is 1.00. The summed E-state index contributed by atoms with van der Waals surface area (Å²) in [6, 6.07) is 1.49. The van der Waals surface area contributed by atoms with Crippen LogP contribution in [-0.2, 0) is 0 Å². The van der Waals surface area contributed by atoms with Crippen LogP contribution in [0.4, 0.5) is 0 Å². The van der Waals surface area contributed by atoms with E-state index in [2.05, 4.69) is 45.0 Å². The molecule has 2 fully saturated rings. The lowest BCUT2D eigenvalue weighted by Gasteiger charge is -2.41. The Labute approximate surface area is 133 Å². The summed E-state index contributed by atoms with van der Waals surface area (Å²) in [5.74, 6) is 1.84. The van der Waals surface area contributed by atoms with Crippen molar-refractivity contribution >= 4 is 0 Å². The van der Waals surface area contributed by atoms with Crippen molar-refractivity contribution in [3.05, 3.63) is 0 Å². The maximum Gasteiger partial charge on any atom is 0.00705 e. The number of likely N-dealkylation sites (tertiary alicyclic amines) is 1. The van der Waals surface area contributed by atoms with Gasteiger partial charge in [0.25, 0.3) is 0 Å². The smallest absolute Gasteiger partial charge is 0.00705 e. The molecule has 2 aliphatic rings. The van der Waals surface area contributed by atoms with Crippen LogP contribution in [0.5, 0.6) is 0 Å². The summed E-state index contributed by atoms with van der Waals surface area (Å²) in [5, 5.41) is 3.97. The molecule has 0 spiro atoms. The molecule has 1 atom stereocenters. The number of piperidine rings is 1. The van der Waals surface area contributed by atoms with Crippen LogP contribution >= 0.6 is 0 Å². The summed E-state index contributed by atoms with van der Waals surface area (Å²) in [4.78, 5) is 2.47. The van der Waals surface area contributed by atoms with Gasteiger partial charge in [-0.15, -0.1) is 0 Å². The Morgan fingerprint density at radius 2 is 1.62 bits per heavy atom. The molecule has 2 heteroatoms.